The average molecular weight is 442 g/mol. The molecule has 4 aromatic rings. The molecule has 1 aliphatic rings. The van der Waals surface area contributed by atoms with Crippen molar-refractivity contribution in [1.29, 1.82) is 0 Å². The summed E-state index contributed by atoms with van der Waals surface area (Å²) in [4.78, 5) is 26.0. The Hall–Kier alpha value is -3.94. The van der Waals surface area contributed by atoms with Crippen LogP contribution in [0.1, 0.15) is 30.7 Å². The molecule has 1 saturated carbocycles. The van der Waals surface area contributed by atoms with Gasteiger partial charge in [0.05, 0.1) is 23.5 Å². The van der Waals surface area contributed by atoms with Crippen LogP contribution < -0.4 is 5.73 Å². The summed E-state index contributed by atoms with van der Waals surface area (Å²) >= 11 is 0. The first-order valence-corrected chi connectivity index (χ1v) is 11.1. The van der Waals surface area contributed by atoms with E-state index in [1.165, 1.54) is 12.0 Å². The third kappa shape index (κ3) is 3.88. The quantitative estimate of drug-likeness (QED) is 0.477. The van der Waals surface area contributed by atoms with E-state index in [1.54, 1.807) is 36.1 Å². The van der Waals surface area contributed by atoms with E-state index in [4.69, 9.17) is 10.7 Å². The van der Waals surface area contributed by atoms with Crippen molar-refractivity contribution >= 4 is 11.7 Å². The Kier molecular flexibility index (Phi) is 5.20. The molecule has 33 heavy (non-hydrogen) atoms. The lowest BCUT2D eigenvalue weighted by Crippen LogP contribution is -2.36. The van der Waals surface area contributed by atoms with Crippen LogP contribution in [-0.4, -0.2) is 49.6 Å². The standard InChI is InChI=1S/C25H27N7O/c1-31(2)23(33)16-32-15-19(13-29-32)21-14-28-24(30-21)25(10-3-11-25)20-7-4-17(5-8-20)18-6-9-22(26)27-12-18/h4-9,12-15H,3,10-11,16H2,1-2H3,(H2,26,27)(H,28,30). The van der Waals surface area contributed by atoms with Crippen LogP contribution in [0, 0.1) is 0 Å². The lowest BCUT2D eigenvalue weighted by Gasteiger charge is -2.40. The fourth-order valence-electron chi connectivity index (χ4n) is 4.33. The molecule has 0 bridgehead atoms. The van der Waals surface area contributed by atoms with Gasteiger partial charge < -0.3 is 15.6 Å². The van der Waals surface area contributed by atoms with E-state index in [-0.39, 0.29) is 17.9 Å². The molecule has 8 heteroatoms. The maximum Gasteiger partial charge on any atom is 0.243 e. The molecule has 5 rings (SSSR count). The first-order valence-electron chi connectivity index (χ1n) is 11.1. The van der Waals surface area contributed by atoms with Crippen LogP contribution in [0.3, 0.4) is 0 Å². The highest BCUT2D eigenvalue weighted by Gasteiger charge is 2.42. The lowest BCUT2D eigenvalue weighted by molar-refractivity contribution is -0.129. The van der Waals surface area contributed by atoms with Crippen LogP contribution in [0.2, 0.25) is 0 Å². The maximum atomic E-state index is 12.0. The van der Waals surface area contributed by atoms with Gasteiger partial charge in [-0.2, -0.15) is 5.10 Å². The van der Waals surface area contributed by atoms with E-state index in [0.29, 0.717) is 5.82 Å². The number of nitrogens with two attached hydrogens (primary N) is 1. The normalized spacial score (nSPS) is 14.6. The summed E-state index contributed by atoms with van der Waals surface area (Å²) in [7, 11) is 3.48. The van der Waals surface area contributed by atoms with Gasteiger partial charge in [0.25, 0.3) is 0 Å². The zero-order valence-corrected chi connectivity index (χ0v) is 18.8. The topological polar surface area (TPSA) is 106 Å². The fourth-order valence-corrected chi connectivity index (χ4v) is 4.33. The molecule has 0 radical (unpaired) electrons. The Morgan fingerprint density at radius 1 is 1.03 bits per heavy atom. The number of nitrogens with one attached hydrogen (secondary N) is 1. The molecule has 1 amide bonds. The zero-order valence-electron chi connectivity index (χ0n) is 18.8. The van der Waals surface area contributed by atoms with Crippen LogP contribution in [0.5, 0.6) is 0 Å². The van der Waals surface area contributed by atoms with Gasteiger partial charge in [-0.15, -0.1) is 0 Å². The van der Waals surface area contributed by atoms with Crippen molar-refractivity contribution in [2.24, 2.45) is 0 Å². The number of carbonyl (C=O) groups is 1. The van der Waals surface area contributed by atoms with Crippen molar-refractivity contribution in [3.63, 3.8) is 0 Å². The van der Waals surface area contributed by atoms with Crippen LogP contribution in [0.25, 0.3) is 22.4 Å². The first kappa shape index (κ1) is 20.9. The first-order chi connectivity index (χ1) is 15.9. The Morgan fingerprint density at radius 2 is 1.79 bits per heavy atom. The predicted octanol–water partition coefficient (Wildman–Crippen LogP) is 3.48. The van der Waals surface area contributed by atoms with E-state index in [1.807, 2.05) is 24.5 Å². The summed E-state index contributed by atoms with van der Waals surface area (Å²) in [5, 5.41) is 4.33. The number of amides is 1. The molecule has 1 fully saturated rings. The Bertz CT molecular complexity index is 1260. The largest absolute Gasteiger partial charge is 0.384 e. The Morgan fingerprint density at radius 3 is 2.42 bits per heavy atom. The average Bonchev–Trinajstić information content (AvgIpc) is 3.44. The minimum Gasteiger partial charge on any atom is -0.384 e. The number of H-pyrrole nitrogens is 1. The highest BCUT2D eigenvalue weighted by atomic mass is 16.2. The van der Waals surface area contributed by atoms with Gasteiger partial charge in [-0.05, 0) is 36.1 Å². The molecule has 0 spiro atoms. The van der Waals surface area contributed by atoms with E-state index in [9.17, 15) is 4.79 Å². The van der Waals surface area contributed by atoms with Gasteiger partial charge in [0.2, 0.25) is 5.91 Å². The number of pyridine rings is 1. The number of benzene rings is 1. The molecule has 1 aromatic carbocycles. The highest BCUT2D eigenvalue weighted by Crippen LogP contribution is 2.48. The van der Waals surface area contributed by atoms with Crippen LogP contribution in [-0.2, 0) is 16.8 Å². The SMILES string of the molecule is CN(C)C(=O)Cn1cc(-c2cnc(C3(c4ccc(-c5ccc(N)nc5)cc4)CCC3)[nH]2)cn1. The van der Waals surface area contributed by atoms with Gasteiger partial charge in [0.15, 0.2) is 0 Å². The van der Waals surface area contributed by atoms with Crippen molar-refractivity contribution in [2.75, 3.05) is 19.8 Å². The summed E-state index contributed by atoms with van der Waals surface area (Å²) < 4.78 is 1.65. The summed E-state index contributed by atoms with van der Waals surface area (Å²) in [5.74, 6) is 1.50. The number of anilines is 1. The van der Waals surface area contributed by atoms with E-state index >= 15 is 0 Å². The Balaban J connectivity index is 1.38. The van der Waals surface area contributed by atoms with Crippen molar-refractivity contribution in [1.82, 2.24) is 29.6 Å². The lowest BCUT2D eigenvalue weighted by atomic mass is 9.64. The number of likely N-dealkylation sites (N-methyl/N-ethyl adjacent to an activating group) is 1. The number of aromatic nitrogens is 5. The summed E-state index contributed by atoms with van der Waals surface area (Å²) in [6.45, 7) is 0.216. The number of rotatable bonds is 6. The van der Waals surface area contributed by atoms with Gasteiger partial charge in [-0.25, -0.2) is 9.97 Å². The second kappa shape index (κ2) is 8.20. The van der Waals surface area contributed by atoms with E-state index in [2.05, 4.69) is 39.3 Å². The summed E-state index contributed by atoms with van der Waals surface area (Å²) in [6.07, 6.45) is 10.6. The maximum absolute atomic E-state index is 12.0. The number of aromatic amines is 1. The number of nitrogens with zero attached hydrogens (tertiary/aromatic N) is 5. The number of hydrogen-bond acceptors (Lipinski definition) is 5. The van der Waals surface area contributed by atoms with Gasteiger partial charge in [0.1, 0.15) is 18.2 Å². The molecule has 0 aliphatic heterocycles. The number of nitrogen functional groups attached to an aromatic ring is 1. The molecular formula is C25H27N7O. The zero-order chi connectivity index (χ0) is 23.0. The minimum atomic E-state index is -0.104. The third-order valence-corrected chi connectivity index (χ3v) is 6.53. The molecule has 3 aromatic heterocycles. The van der Waals surface area contributed by atoms with Crippen molar-refractivity contribution in [3.05, 3.63) is 72.6 Å². The molecule has 1 aliphatic carbocycles. The highest BCUT2D eigenvalue weighted by molar-refractivity contribution is 5.75. The fraction of sp³-hybridized carbons (Fsp3) is 0.280. The molecule has 3 N–H and O–H groups in total. The molecule has 168 valence electrons. The van der Waals surface area contributed by atoms with Gasteiger partial charge in [-0.3, -0.25) is 9.48 Å². The molecule has 3 heterocycles. The van der Waals surface area contributed by atoms with Crippen molar-refractivity contribution in [3.8, 4) is 22.4 Å². The molecule has 0 saturated heterocycles. The third-order valence-electron chi connectivity index (χ3n) is 6.53. The molecular weight excluding hydrogens is 414 g/mol. The summed E-state index contributed by atoms with van der Waals surface area (Å²) in [5.41, 5.74) is 10.8. The minimum absolute atomic E-state index is 0.00145. The van der Waals surface area contributed by atoms with Gasteiger partial charge in [0, 0.05) is 37.6 Å². The second-order valence-electron chi connectivity index (χ2n) is 8.84. The monoisotopic (exact) mass is 441 g/mol. The second-order valence-corrected chi connectivity index (χ2v) is 8.84. The van der Waals surface area contributed by atoms with Gasteiger partial charge in [-0.1, -0.05) is 30.7 Å². The molecule has 0 atom stereocenters. The van der Waals surface area contributed by atoms with Crippen molar-refractivity contribution < 1.29 is 4.79 Å². The number of carbonyl (C=O) groups excluding carboxylic acids is 1. The van der Waals surface area contributed by atoms with Crippen LogP contribution in [0.15, 0.2) is 61.2 Å². The van der Waals surface area contributed by atoms with E-state index in [0.717, 1.165) is 41.1 Å². The summed E-state index contributed by atoms with van der Waals surface area (Å²) in [6, 6.07) is 12.5. The Labute approximate surface area is 192 Å². The number of imidazole rings is 1. The predicted molar refractivity (Wildman–Crippen MR) is 127 cm³/mol. The number of hydrogen-bond donors (Lipinski definition) is 2. The van der Waals surface area contributed by atoms with Gasteiger partial charge >= 0.3 is 0 Å². The molecule has 8 nitrogen and oxygen atoms in total. The molecule has 0 unspecified atom stereocenters. The van der Waals surface area contributed by atoms with Crippen LogP contribution in [0.4, 0.5) is 5.82 Å². The smallest absolute Gasteiger partial charge is 0.243 e. The van der Waals surface area contributed by atoms with Crippen molar-refractivity contribution in [2.45, 2.75) is 31.2 Å². The van der Waals surface area contributed by atoms with Crippen LogP contribution >= 0.6 is 0 Å². The van der Waals surface area contributed by atoms with E-state index < -0.39 is 0 Å².